The molecule has 446 valence electrons. The number of rotatable bonds is 62. The van der Waals surface area contributed by atoms with E-state index >= 15 is 0 Å². The third-order valence-corrected chi connectivity index (χ3v) is 16.4. The van der Waals surface area contributed by atoms with E-state index in [-0.39, 0.29) is 19.1 Å². The summed E-state index contributed by atoms with van der Waals surface area (Å²) in [6.45, 7) is 4.87. The minimum atomic E-state index is -4.35. The molecule has 0 aromatic carbocycles. The van der Waals surface area contributed by atoms with Gasteiger partial charge in [0.25, 0.3) is 0 Å². The fourth-order valence-corrected chi connectivity index (χ4v) is 11.0. The summed E-state index contributed by atoms with van der Waals surface area (Å²) in [5, 5.41) is 14.0. The Morgan fingerprint density at radius 1 is 0.440 bits per heavy atom. The summed E-state index contributed by atoms with van der Waals surface area (Å²) in [7, 11) is 1.59. The van der Waals surface area contributed by atoms with Crippen LogP contribution < -0.4 is 5.32 Å². The van der Waals surface area contributed by atoms with Gasteiger partial charge in [-0.05, 0) is 44.9 Å². The fraction of sp³-hybridized carbons (Fsp3) is 0.924. The number of carbonyl (C=O) groups is 1. The number of quaternary nitrogens is 1. The quantitative estimate of drug-likeness (QED) is 0.0243. The normalized spacial score (nSPS) is 13.9. The molecule has 0 fully saturated rings. The van der Waals surface area contributed by atoms with Crippen LogP contribution in [0.5, 0.6) is 0 Å². The fourth-order valence-electron chi connectivity index (χ4n) is 10.2. The van der Waals surface area contributed by atoms with Crippen LogP contribution in [0, 0.1) is 0 Å². The second-order valence-corrected chi connectivity index (χ2v) is 25.7. The van der Waals surface area contributed by atoms with Gasteiger partial charge in [-0.2, -0.15) is 0 Å². The number of likely N-dealkylation sites (N-methyl/N-ethyl adjacent to an activating group) is 1. The van der Waals surface area contributed by atoms with Crippen molar-refractivity contribution in [2.75, 3.05) is 40.9 Å². The van der Waals surface area contributed by atoms with Crippen LogP contribution in [0.2, 0.25) is 0 Å². The van der Waals surface area contributed by atoms with Crippen LogP contribution in [0.1, 0.15) is 341 Å². The molecular weight excluding hydrogens is 948 g/mol. The van der Waals surface area contributed by atoms with Crippen molar-refractivity contribution in [1.82, 2.24) is 5.32 Å². The topological polar surface area (TPSA) is 105 Å². The Bertz CT molecular complexity index is 1270. The molecule has 0 spiro atoms. The average molecular weight is 1080 g/mol. The van der Waals surface area contributed by atoms with Crippen LogP contribution in [0.3, 0.4) is 0 Å². The molecule has 3 N–H and O–H groups in total. The van der Waals surface area contributed by atoms with Gasteiger partial charge in [-0.3, -0.25) is 13.8 Å². The molecule has 0 heterocycles. The Morgan fingerprint density at radius 3 is 1.03 bits per heavy atom. The van der Waals surface area contributed by atoms with E-state index in [4.69, 9.17) is 9.05 Å². The highest BCUT2D eigenvalue weighted by atomic mass is 31.2. The van der Waals surface area contributed by atoms with E-state index in [0.29, 0.717) is 17.4 Å². The van der Waals surface area contributed by atoms with E-state index in [0.717, 1.165) is 32.1 Å². The average Bonchev–Trinajstić information content (AvgIpc) is 3.37. The number of allylic oxidation sites excluding steroid dienone is 3. The van der Waals surface area contributed by atoms with Crippen molar-refractivity contribution in [3.8, 4) is 0 Å². The summed E-state index contributed by atoms with van der Waals surface area (Å²) in [4.78, 5) is 23.4. The van der Waals surface area contributed by atoms with Crippen LogP contribution in [-0.4, -0.2) is 73.4 Å². The monoisotopic (exact) mass is 1080 g/mol. The van der Waals surface area contributed by atoms with E-state index in [1.807, 2.05) is 27.2 Å². The Hall–Kier alpha value is -1.02. The van der Waals surface area contributed by atoms with Crippen molar-refractivity contribution in [3.63, 3.8) is 0 Å². The van der Waals surface area contributed by atoms with Crippen LogP contribution in [-0.2, 0) is 18.4 Å². The predicted molar refractivity (Wildman–Crippen MR) is 328 cm³/mol. The molecule has 0 rings (SSSR count). The van der Waals surface area contributed by atoms with Gasteiger partial charge in [0.15, 0.2) is 0 Å². The van der Waals surface area contributed by atoms with Gasteiger partial charge < -0.3 is 19.8 Å². The zero-order valence-electron chi connectivity index (χ0n) is 51.1. The third-order valence-electron chi connectivity index (χ3n) is 15.4. The van der Waals surface area contributed by atoms with Crippen LogP contribution in [0.25, 0.3) is 0 Å². The molecule has 0 aliphatic carbocycles. The van der Waals surface area contributed by atoms with Gasteiger partial charge in [0.2, 0.25) is 5.91 Å². The molecule has 3 atom stereocenters. The highest BCUT2D eigenvalue weighted by Gasteiger charge is 2.28. The Balaban J connectivity index is 3.98. The molecule has 0 saturated carbocycles. The number of amides is 1. The Kier molecular flexibility index (Phi) is 56.9. The molecule has 9 heteroatoms. The van der Waals surface area contributed by atoms with Crippen molar-refractivity contribution in [3.05, 3.63) is 24.3 Å². The van der Waals surface area contributed by atoms with Crippen LogP contribution in [0.4, 0.5) is 0 Å². The number of aliphatic hydroxyl groups is 1. The first-order valence-corrected chi connectivity index (χ1v) is 34.7. The number of nitrogens with zero attached hydrogens (tertiary/aromatic N) is 1. The minimum Gasteiger partial charge on any atom is -0.387 e. The molecule has 0 aromatic rings. The molecule has 0 aromatic heterocycles. The summed E-state index contributed by atoms with van der Waals surface area (Å²) >= 11 is 0. The first-order valence-electron chi connectivity index (χ1n) is 33.2. The van der Waals surface area contributed by atoms with Crippen molar-refractivity contribution in [2.24, 2.45) is 0 Å². The lowest BCUT2D eigenvalue weighted by atomic mass is 10.0. The van der Waals surface area contributed by atoms with Gasteiger partial charge >= 0.3 is 7.82 Å². The predicted octanol–water partition coefficient (Wildman–Crippen LogP) is 20.7. The number of unbranched alkanes of at least 4 members (excludes halogenated alkanes) is 47. The Morgan fingerprint density at radius 2 is 0.720 bits per heavy atom. The summed E-state index contributed by atoms with van der Waals surface area (Å²) in [5.74, 6) is -0.170. The smallest absolute Gasteiger partial charge is 0.387 e. The molecule has 0 saturated heterocycles. The van der Waals surface area contributed by atoms with Gasteiger partial charge in [0.1, 0.15) is 13.2 Å². The molecule has 3 unspecified atom stereocenters. The SMILES string of the molecule is CCCCCCCCCCCCCCCC/C=C\CCCCCCCCCCCCCCCCCCCC(=O)NC(COP(=O)(O)OCC[N+](C)(C)C)C(O)/C=C/CCCCCCCCCCCCCCCCCC. The number of aliphatic hydroxyl groups excluding tert-OH is 1. The molecule has 8 nitrogen and oxygen atoms in total. The van der Waals surface area contributed by atoms with Crippen LogP contribution in [0.15, 0.2) is 24.3 Å². The zero-order chi connectivity index (χ0) is 54.9. The molecule has 0 bridgehead atoms. The van der Waals surface area contributed by atoms with Gasteiger partial charge in [-0.25, -0.2) is 4.57 Å². The highest BCUT2D eigenvalue weighted by Crippen LogP contribution is 2.43. The van der Waals surface area contributed by atoms with Crippen molar-refractivity contribution < 1.29 is 32.9 Å². The molecule has 0 aliphatic rings. The standard InChI is InChI=1S/C66H131N2O6P/c1-6-8-10-12-14-16-18-20-22-24-26-27-28-29-30-31-32-33-34-35-36-37-38-39-40-41-42-44-46-48-50-52-54-56-58-60-66(70)67-64(63-74-75(71,72)73-62-61-68(3,4)5)65(69)59-57-55-53-51-49-47-45-43-25-23-21-19-17-15-13-11-9-7-2/h31-32,57,59,64-65,69H,6-30,33-56,58,60-63H2,1-5H3,(H-,67,70,71,72)/p+1/b32-31-,59-57+. The number of phosphoric acid groups is 1. The second kappa shape index (κ2) is 57.7. The van der Waals surface area contributed by atoms with Gasteiger partial charge in [-0.1, -0.05) is 314 Å². The maximum Gasteiger partial charge on any atom is 0.472 e. The van der Waals surface area contributed by atoms with Crippen molar-refractivity contribution in [1.29, 1.82) is 0 Å². The van der Waals surface area contributed by atoms with Gasteiger partial charge in [-0.15, -0.1) is 0 Å². The number of nitrogens with one attached hydrogen (secondary N) is 1. The highest BCUT2D eigenvalue weighted by molar-refractivity contribution is 7.47. The minimum absolute atomic E-state index is 0.0641. The first kappa shape index (κ1) is 74.0. The zero-order valence-corrected chi connectivity index (χ0v) is 52.0. The molecular formula is C66H132N2O6P+. The number of hydrogen-bond donors (Lipinski definition) is 3. The van der Waals surface area contributed by atoms with Crippen LogP contribution >= 0.6 is 7.82 Å². The summed E-state index contributed by atoms with van der Waals surface area (Å²) < 4.78 is 23.8. The van der Waals surface area contributed by atoms with Gasteiger partial charge in [0.05, 0.1) is 39.9 Å². The van der Waals surface area contributed by atoms with E-state index in [1.165, 1.54) is 289 Å². The maximum atomic E-state index is 13.0. The maximum absolute atomic E-state index is 13.0. The Labute approximate surface area is 468 Å². The number of carbonyl (C=O) groups excluding carboxylic acids is 1. The van der Waals surface area contributed by atoms with E-state index < -0.39 is 20.0 Å². The number of phosphoric ester groups is 1. The lowest BCUT2D eigenvalue weighted by Gasteiger charge is -2.25. The molecule has 1 amide bonds. The summed E-state index contributed by atoms with van der Waals surface area (Å²) in [6, 6.07) is -0.844. The van der Waals surface area contributed by atoms with E-state index in [9.17, 15) is 19.4 Å². The van der Waals surface area contributed by atoms with E-state index in [2.05, 4.69) is 31.3 Å². The largest absolute Gasteiger partial charge is 0.472 e. The van der Waals surface area contributed by atoms with Gasteiger partial charge in [0, 0.05) is 6.42 Å². The van der Waals surface area contributed by atoms with Crippen molar-refractivity contribution >= 4 is 13.7 Å². The first-order chi connectivity index (χ1) is 36.5. The second-order valence-electron chi connectivity index (χ2n) is 24.2. The van der Waals surface area contributed by atoms with E-state index in [1.54, 1.807) is 6.08 Å². The third kappa shape index (κ3) is 60.5. The summed E-state index contributed by atoms with van der Waals surface area (Å²) in [6.07, 6.45) is 74.6. The number of hydrogen-bond acceptors (Lipinski definition) is 5. The molecule has 75 heavy (non-hydrogen) atoms. The van der Waals surface area contributed by atoms with Crippen molar-refractivity contribution in [2.45, 2.75) is 353 Å². The molecule has 0 aliphatic heterocycles. The summed E-state index contributed by atoms with van der Waals surface area (Å²) in [5.41, 5.74) is 0. The lowest BCUT2D eigenvalue weighted by Crippen LogP contribution is -2.45. The molecule has 0 radical (unpaired) electrons. The lowest BCUT2D eigenvalue weighted by molar-refractivity contribution is -0.870.